The number of esters is 1. The zero-order chi connectivity index (χ0) is 36.5. The number of ketones is 1. The van der Waals surface area contributed by atoms with Crippen molar-refractivity contribution in [1.82, 2.24) is 19.3 Å². The Kier molecular flexibility index (Phi) is 12.2. The predicted octanol–water partition coefficient (Wildman–Crippen LogP) is 4.64. The lowest BCUT2D eigenvalue weighted by Crippen LogP contribution is -2.39. The summed E-state index contributed by atoms with van der Waals surface area (Å²) in [7, 11) is 0. The molecule has 12 nitrogen and oxygen atoms in total. The van der Waals surface area contributed by atoms with Crippen LogP contribution in [0, 0.1) is 6.92 Å². The fraction of sp³-hybridized carbons (Fsp3) is 0.385. The number of nitrogens with one attached hydrogen (secondary N) is 2. The van der Waals surface area contributed by atoms with E-state index < -0.39 is 29.4 Å². The van der Waals surface area contributed by atoms with Crippen molar-refractivity contribution in [1.29, 1.82) is 0 Å². The van der Waals surface area contributed by atoms with Gasteiger partial charge < -0.3 is 34.0 Å². The van der Waals surface area contributed by atoms with Gasteiger partial charge in [-0.2, -0.15) is 0 Å². The zero-order valence-electron chi connectivity index (χ0n) is 29.6. The van der Waals surface area contributed by atoms with Crippen LogP contribution in [0.4, 0.5) is 0 Å². The molecule has 0 aliphatic heterocycles. The molecule has 12 heteroatoms. The van der Waals surface area contributed by atoms with Crippen LogP contribution in [-0.2, 0) is 20.8 Å². The number of pyridine rings is 1. The quantitative estimate of drug-likeness (QED) is 0.0717. The summed E-state index contributed by atoms with van der Waals surface area (Å²) in [6.45, 7) is 9.78. The first-order valence-corrected chi connectivity index (χ1v) is 17.2. The van der Waals surface area contributed by atoms with Gasteiger partial charge in [0.25, 0.3) is 5.56 Å². The highest BCUT2D eigenvalue weighted by molar-refractivity contribution is 6.12. The van der Waals surface area contributed by atoms with Crippen LogP contribution >= 0.6 is 0 Å². The molecular formula is C39H46N4O8. The number of unbranched alkanes of at least 4 members (excludes halogenated alkanes) is 2. The number of aromatic nitrogens is 3. The summed E-state index contributed by atoms with van der Waals surface area (Å²) in [6, 6.07) is 18.2. The molecule has 2 aromatic carbocycles. The Bertz CT molecular complexity index is 2110. The Morgan fingerprint density at radius 1 is 0.922 bits per heavy atom. The van der Waals surface area contributed by atoms with Gasteiger partial charge in [-0.3, -0.25) is 14.4 Å². The van der Waals surface area contributed by atoms with Gasteiger partial charge in [-0.1, -0.05) is 24.3 Å². The average Bonchev–Trinajstić information content (AvgIpc) is 3.39. The number of carbonyl (C=O) groups is 2. The van der Waals surface area contributed by atoms with Gasteiger partial charge in [-0.25, -0.2) is 9.36 Å². The summed E-state index contributed by atoms with van der Waals surface area (Å²) in [5.74, 6) is -0.208. The number of ether oxygens (including phenoxy) is 3. The highest BCUT2D eigenvalue weighted by atomic mass is 16.6. The van der Waals surface area contributed by atoms with Crippen molar-refractivity contribution in [2.24, 2.45) is 0 Å². The number of aromatic amines is 1. The van der Waals surface area contributed by atoms with E-state index in [0.717, 1.165) is 64.9 Å². The van der Waals surface area contributed by atoms with Crippen LogP contribution in [0.1, 0.15) is 61.6 Å². The molecule has 5 aromatic rings. The van der Waals surface area contributed by atoms with Crippen molar-refractivity contribution in [3.05, 3.63) is 105 Å². The lowest BCUT2D eigenvalue weighted by Gasteiger charge is -2.19. The van der Waals surface area contributed by atoms with Gasteiger partial charge in [0.1, 0.15) is 17.9 Å². The van der Waals surface area contributed by atoms with E-state index in [0.29, 0.717) is 31.1 Å². The van der Waals surface area contributed by atoms with E-state index in [1.807, 2.05) is 60.0 Å². The van der Waals surface area contributed by atoms with Crippen LogP contribution in [0.2, 0.25) is 0 Å². The number of fused-ring (bicyclic) bond motifs is 2. The van der Waals surface area contributed by atoms with Crippen molar-refractivity contribution in [3.8, 4) is 16.9 Å². The maximum absolute atomic E-state index is 14.1. The maximum atomic E-state index is 14.1. The number of nitrogens with zero attached hydrogens (tertiary/aromatic N) is 2. The number of carbonyl (C=O) groups excluding carboxylic acids is 2. The summed E-state index contributed by atoms with van der Waals surface area (Å²) in [5.41, 5.74) is 2.27. The first-order valence-electron chi connectivity index (χ1n) is 17.2. The Labute approximate surface area is 296 Å². The molecule has 0 atom stereocenters. The maximum Gasteiger partial charge on any atom is 0.329 e. The van der Waals surface area contributed by atoms with Crippen LogP contribution in [0.3, 0.4) is 0 Å². The molecule has 0 unspecified atom stereocenters. The highest BCUT2D eigenvalue weighted by Crippen LogP contribution is 2.35. The Hall–Kier alpha value is -5.04. The molecule has 270 valence electrons. The second-order valence-corrected chi connectivity index (χ2v) is 13.3. The summed E-state index contributed by atoms with van der Waals surface area (Å²) < 4.78 is 19.2. The molecule has 0 saturated heterocycles. The van der Waals surface area contributed by atoms with E-state index in [2.05, 4.69) is 10.3 Å². The number of rotatable bonds is 17. The van der Waals surface area contributed by atoms with Crippen molar-refractivity contribution in [2.75, 3.05) is 39.5 Å². The lowest BCUT2D eigenvalue weighted by molar-refractivity contribution is -0.155. The molecule has 0 aliphatic rings. The van der Waals surface area contributed by atoms with Crippen molar-refractivity contribution < 1.29 is 28.9 Å². The van der Waals surface area contributed by atoms with E-state index in [9.17, 15) is 19.2 Å². The smallest absolute Gasteiger partial charge is 0.329 e. The van der Waals surface area contributed by atoms with Crippen molar-refractivity contribution >= 4 is 28.2 Å². The molecule has 3 aromatic heterocycles. The molecule has 0 fully saturated rings. The van der Waals surface area contributed by atoms with Crippen molar-refractivity contribution in [3.63, 3.8) is 0 Å². The summed E-state index contributed by atoms with van der Waals surface area (Å²) in [6.07, 6.45) is 4.85. The number of hydrogen-bond donors (Lipinski definition) is 3. The molecule has 0 saturated carbocycles. The second kappa shape index (κ2) is 16.8. The fourth-order valence-corrected chi connectivity index (χ4v) is 6.03. The molecule has 0 aliphatic carbocycles. The standard InChI is InChI=1S/C39H46N4O8/c1-26-34(27-11-14-29(15-12-27)50-21-9-5-7-17-40-18-22-49-23-20-44)32-10-6-8-19-42(32)35(26)36(46)28-13-16-30-31(24-28)41-38(48)43(37(30)47)25-33(45)51-39(2,3)4/h6,8,10-16,19,24,40,44H,5,7,9,17-18,20-23,25H2,1-4H3,(H,41,48). The van der Waals surface area contributed by atoms with Gasteiger partial charge in [0.05, 0.1) is 48.5 Å². The Balaban J connectivity index is 1.29. The van der Waals surface area contributed by atoms with Crippen LogP contribution in [0.25, 0.3) is 27.5 Å². The lowest BCUT2D eigenvalue weighted by atomic mass is 9.98. The third kappa shape index (κ3) is 9.20. The monoisotopic (exact) mass is 698 g/mol. The third-order valence-electron chi connectivity index (χ3n) is 8.32. The zero-order valence-corrected chi connectivity index (χ0v) is 29.6. The minimum absolute atomic E-state index is 0.0435. The van der Waals surface area contributed by atoms with Crippen LogP contribution in [-0.4, -0.2) is 75.9 Å². The van der Waals surface area contributed by atoms with Gasteiger partial charge in [0, 0.05) is 23.9 Å². The minimum Gasteiger partial charge on any atom is -0.494 e. The SMILES string of the molecule is Cc1c(-c2ccc(OCCCCCNCCOCCO)cc2)c2ccccn2c1C(=O)c1ccc2c(=O)n(CC(=O)OC(C)(C)C)c(=O)[nH]c2c1. The molecular weight excluding hydrogens is 652 g/mol. The van der Waals surface area contributed by atoms with Gasteiger partial charge in [0.2, 0.25) is 5.78 Å². The Morgan fingerprint density at radius 3 is 2.45 bits per heavy atom. The summed E-state index contributed by atoms with van der Waals surface area (Å²) in [5, 5.41) is 12.2. The topological polar surface area (TPSA) is 153 Å². The predicted molar refractivity (Wildman–Crippen MR) is 196 cm³/mol. The molecule has 0 spiro atoms. The number of aliphatic hydroxyl groups is 1. The first kappa shape index (κ1) is 37.2. The normalized spacial score (nSPS) is 11.7. The summed E-state index contributed by atoms with van der Waals surface area (Å²) in [4.78, 5) is 55.2. The van der Waals surface area contributed by atoms with E-state index in [1.165, 1.54) is 12.1 Å². The molecule has 0 amide bonds. The van der Waals surface area contributed by atoms with Crippen LogP contribution in [0.5, 0.6) is 5.75 Å². The number of H-pyrrole nitrogens is 1. The molecule has 5 rings (SSSR count). The Morgan fingerprint density at radius 2 is 1.71 bits per heavy atom. The van der Waals surface area contributed by atoms with E-state index in [1.54, 1.807) is 26.8 Å². The van der Waals surface area contributed by atoms with E-state index >= 15 is 0 Å². The largest absolute Gasteiger partial charge is 0.494 e. The second-order valence-electron chi connectivity index (χ2n) is 13.3. The molecule has 3 N–H and O–H groups in total. The highest BCUT2D eigenvalue weighted by Gasteiger charge is 2.24. The fourth-order valence-electron chi connectivity index (χ4n) is 6.03. The van der Waals surface area contributed by atoms with Gasteiger partial charge >= 0.3 is 11.7 Å². The molecule has 0 bridgehead atoms. The number of aliphatic hydroxyl groups excluding tert-OH is 1. The molecule has 51 heavy (non-hydrogen) atoms. The summed E-state index contributed by atoms with van der Waals surface area (Å²) >= 11 is 0. The van der Waals surface area contributed by atoms with Gasteiger partial charge in [-0.15, -0.1) is 0 Å². The first-order chi connectivity index (χ1) is 24.5. The minimum atomic E-state index is -0.771. The van der Waals surface area contributed by atoms with E-state index in [-0.39, 0.29) is 23.3 Å². The molecule has 0 radical (unpaired) electrons. The average molecular weight is 699 g/mol. The van der Waals surface area contributed by atoms with Crippen LogP contribution in [0.15, 0.2) is 76.4 Å². The van der Waals surface area contributed by atoms with Gasteiger partial charge in [0.15, 0.2) is 0 Å². The van der Waals surface area contributed by atoms with Crippen LogP contribution < -0.4 is 21.3 Å². The third-order valence-corrected chi connectivity index (χ3v) is 8.32. The number of hydrogen-bond acceptors (Lipinski definition) is 9. The molecule has 3 heterocycles. The van der Waals surface area contributed by atoms with Crippen molar-refractivity contribution in [2.45, 2.75) is 59.1 Å². The van der Waals surface area contributed by atoms with E-state index in [4.69, 9.17) is 19.3 Å². The van der Waals surface area contributed by atoms with Gasteiger partial charge in [-0.05, 0) is 101 Å². The number of benzene rings is 2.